The van der Waals surface area contributed by atoms with Crippen LogP contribution in [0.25, 0.3) is 11.1 Å². The van der Waals surface area contributed by atoms with Gasteiger partial charge in [0.05, 0.1) is 18.6 Å². The summed E-state index contributed by atoms with van der Waals surface area (Å²) in [6.07, 6.45) is 0.448. The van der Waals surface area contributed by atoms with Crippen LogP contribution in [0.15, 0.2) is 48.5 Å². The third-order valence-electron chi connectivity index (χ3n) is 5.71. The Balaban J connectivity index is 1.36. The first-order valence-corrected chi connectivity index (χ1v) is 9.53. The zero-order valence-corrected chi connectivity index (χ0v) is 15.4. The van der Waals surface area contributed by atoms with E-state index in [9.17, 15) is 14.7 Å². The minimum atomic E-state index is -0.817. The van der Waals surface area contributed by atoms with Gasteiger partial charge in [0.25, 0.3) is 0 Å². The number of alkyl carbamates (subject to hydrolysis) is 1. The van der Waals surface area contributed by atoms with E-state index in [1.54, 1.807) is 0 Å². The van der Waals surface area contributed by atoms with Crippen molar-refractivity contribution in [1.29, 1.82) is 0 Å². The molecule has 1 saturated carbocycles. The van der Waals surface area contributed by atoms with Crippen LogP contribution in [0.1, 0.15) is 29.9 Å². The van der Waals surface area contributed by atoms with Crippen LogP contribution >= 0.6 is 0 Å². The fourth-order valence-electron chi connectivity index (χ4n) is 4.16. The van der Waals surface area contributed by atoms with Crippen molar-refractivity contribution in [3.63, 3.8) is 0 Å². The highest BCUT2D eigenvalue weighted by molar-refractivity contribution is 5.79. The number of carboxylic acids is 1. The normalized spacial score (nSPS) is 20.8. The number of aliphatic hydroxyl groups is 1. The lowest BCUT2D eigenvalue weighted by Gasteiger charge is -2.18. The van der Waals surface area contributed by atoms with Gasteiger partial charge >= 0.3 is 12.1 Å². The largest absolute Gasteiger partial charge is 0.481 e. The first kappa shape index (κ1) is 18.5. The molecule has 2 aliphatic rings. The van der Waals surface area contributed by atoms with Gasteiger partial charge in [0, 0.05) is 5.92 Å². The maximum absolute atomic E-state index is 12.2. The fraction of sp³-hybridized carbons (Fsp3) is 0.364. The standard InChI is InChI=1S/C22H23NO5/c24-11-14(9-13-10-19(13)21(25)26)23-22(27)28-12-20-17-7-3-1-5-15(17)16-6-2-4-8-18(16)20/h1-8,13-14,19-20,24H,9-12H2,(H,23,27)(H,25,26). The molecule has 0 aromatic heterocycles. The minimum absolute atomic E-state index is 0.00327. The van der Waals surface area contributed by atoms with E-state index in [4.69, 9.17) is 9.84 Å². The Bertz CT molecular complexity index is 851. The summed E-state index contributed by atoms with van der Waals surface area (Å²) < 4.78 is 5.47. The Morgan fingerprint density at radius 3 is 2.21 bits per heavy atom. The lowest BCUT2D eigenvalue weighted by Crippen LogP contribution is -2.39. The average Bonchev–Trinajstić information content (AvgIpc) is 3.41. The number of aliphatic carboxylic acids is 1. The summed E-state index contributed by atoms with van der Waals surface area (Å²) in [7, 11) is 0. The van der Waals surface area contributed by atoms with E-state index in [1.165, 1.54) is 0 Å². The minimum Gasteiger partial charge on any atom is -0.481 e. The molecule has 0 spiro atoms. The maximum atomic E-state index is 12.2. The van der Waals surface area contributed by atoms with Crippen LogP contribution in [0.4, 0.5) is 4.79 Å². The molecule has 2 aliphatic carbocycles. The Labute approximate surface area is 163 Å². The second kappa shape index (κ2) is 7.64. The molecule has 28 heavy (non-hydrogen) atoms. The predicted octanol–water partition coefficient (Wildman–Crippen LogP) is 3.00. The van der Waals surface area contributed by atoms with Crippen LogP contribution in [-0.4, -0.2) is 41.5 Å². The zero-order chi connectivity index (χ0) is 19.7. The molecule has 3 atom stereocenters. The van der Waals surface area contributed by atoms with Gasteiger partial charge in [-0.1, -0.05) is 48.5 Å². The maximum Gasteiger partial charge on any atom is 0.407 e. The van der Waals surface area contributed by atoms with E-state index in [-0.39, 0.29) is 31.0 Å². The molecule has 2 aromatic carbocycles. The first-order valence-electron chi connectivity index (χ1n) is 9.53. The second-order valence-corrected chi connectivity index (χ2v) is 7.53. The Hall–Kier alpha value is -2.86. The van der Waals surface area contributed by atoms with E-state index in [1.807, 2.05) is 24.3 Å². The highest BCUT2D eigenvalue weighted by Crippen LogP contribution is 2.44. The molecule has 0 radical (unpaired) electrons. The van der Waals surface area contributed by atoms with Gasteiger partial charge in [-0.2, -0.15) is 0 Å². The van der Waals surface area contributed by atoms with Crippen molar-refractivity contribution < 1.29 is 24.5 Å². The monoisotopic (exact) mass is 381 g/mol. The van der Waals surface area contributed by atoms with Gasteiger partial charge in [-0.15, -0.1) is 0 Å². The van der Waals surface area contributed by atoms with Gasteiger partial charge in [-0.05, 0) is 41.0 Å². The molecular formula is C22H23NO5. The molecule has 146 valence electrons. The summed E-state index contributed by atoms with van der Waals surface area (Å²) in [5.41, 5.74) is 4.59. The molecule has 4 rings (SSSR count). The number of ether oxygens (including phenoxy) is 1. The predicted molar refractivity (Wildman–Crippen MR) is 103 cm³/mol. The van der Waals surface area contributed by atoms with E-state index in [0.29, 0.717) is 12.8 Å². The Morgan fingerprint density at radius 2 is 1.68 bits per heavy atom. The molecule has 3 unspecified atom stereocenters. The van der Waals surface area contributed by atoms with Gasteiger partial charge in [0.1, 0.15) is 6.61 Å². The third-order valence-corrected chi connectivity index (χ3v) is 5.71. The number of hydrogen-bond acceptors (Lipinski definition) is 4. The van der Waals surface area contributed by atoms with Crippen molar-refractivity contribution >= 4 is 12.1 Å². The van der Waals surface area contributed by atoms with Crippen molar-refractivity contribution in [2.45, 2.75) is 24.8 Å². The van der Waals surface area contributed by atoms with Crippen molar-refractivity contribution in [3.8, 4) is 11.1 Å². The van der Waals surface area contributed by atoms with Crippen molar-refractivity contribution in [2.75, 3.05) is 13.2 Å². The summed E-state index contributed by atoms with van der Waals surface area (Å²) >= 11 is 0. The highest BCUT2D eigenvalue weighted by atomic mass is 16.5. The molecule has 0 heterocycles. The molecule has 0 bridgehead atoms. The Kier molecular flexibility index (Phi) is 5.05. The number of aliphatic hydroxyl groups excluding tert-OH is 1. The second-order valence-electron chi connectivity index (χ2n) is 7.53. The first-order chi connectivity index (χ1) is 13.6. The summed E-state index contributed by atoms with van der Waals surface area (Å²) in [6.45, 7) is -0.0355. The Morgan fingerprint density at radius 1 is 1.07 bits per heavy atom. The fourth-order valence-corrected chi connectivity index (χ4v) is 4.16. The van der Waals surface area contributed by atoms with Gasteiger partial charge in [0.15, 0.2) is 0 Å². The molecule has 6 nitrogen and oxygen atoms in total. The van der Waals surface area contributed by atoms with Gasteiger partial charge in [-0.25, -0.2) is 4.79 Å². The van der Waals surface area contributed by atoms with E-state index < -0.39 is 18.1 Å². The molecule has 1 amide bonds. The van der Waals surface area contributed by atoms with Crippen molar-refractivity contribution in [2.24, 2.45) is 11.8 Å². The smallest absolute Gasteiger partial charge is 0.407 e. The number of fused-ring (bicyclic) bond motifs is 3. The molecule has 6 heteroatoms. The van der Waals surface area contributed by atoms with Gasteiger partial charge in [-0.3, -0.25) is 4.79 Å². The average molecular weight is 381 g/mol. The highest BCUT2D eigenvalue weighted by Gasteiger charge is 2.44. The van der Waals surface area contributed by atoms with Crippen LogP contribution in [0.5, 0.6) is 0 Å². The molecule has 0 saturated heterocycles. The van der Waals surface area contributed by atoms with Crippen molar-refractivity contribution in [1.82, 2.24) is 5.32 Å². The summed E-state index contributed by atoms with van der Waals surface area (Å²) in [4.78, 5) is 23.2. The summed E-state index contributed by atoms with van der Waals surface area (Å²) in [5.74, 6) is -1.20. The van der Waals surface area contributed by atoms with Crippen LogP contribution < -0.4 is 5.32 Å². The van der Waals surface area contributed by atoms with Crippen LogP contribution in [-0.2, 0) is 9.53 Å². The zero-order valence-electron chi connectivity index (χ0n) is 15.4. The number of carbonyl (C=O) groups excluding carboxylic acids is 1. The van der Waals surface area contributed by atoms with Crippen LogP contribution in [0.2, 0.25) is 0 Å². The quantitative estimate of drug-likeness (QED) is 0.685. The summed E-state index contributed by atoms with van der Waals surface area (Å²) in [6, 6.07) is 15.7. The molecule has 3 N–H and O–H groups in total. The van der Waals surface area contributed by atoms with Crippen LogP contribution in [0, 0.1) is 11.8 Å². The lowest BCUT2D eigenvalue weighted by atomic mass is 9.98. The van der Waals surface area contributed by atoms with E-state index in [2.05, 4.69) is 29.6 Å². The van der Waals surface area contributed by atoms with Gasteiger partial charge in [0.2, 0.25) is 0 Å². The van der Waals surface area contributed by atoms with Gasteiger partial charge < -0.3 is 20.3 Å². The molecular weight excluding hydrogens is 358 g/mol. The molecule has 1 fully saturated rings. The topological polar surface area (TPSA) is 95.9 Å². The lowest BCUT2D eigenvalue weighted by molar-refractivity contribution is -0.138. The van der Waals surface area contributed by atoms with E-state index in [0.717, 1.165) is 22.3 Å². The number of hydrogen-bond donors (Lipinski definition) is 3. The number of carbonyl (C=O) groups is 2. The molecule has 2 aromatic rings. The van der Waals surface area contributed by atoms with Crippen LogP contribution in [0.3, 0.4) is 0 Å². The number of rotatable bonds is 7. The molecule has 0 aliphatic heterocycles. The third kappa shape index (κ3) is 3.60. The number of amides is 1. The summed E-state index contributed by atoms with van der Waals surface area (Å²) in [5, 5.41) is 21.1. The number of carboxylic acid groups (broad SMARTS) is 1. The van der Waals surface area contributed by atoms with E-state index >= 15 is 0 Å². The number of benzene rings is 2. The number of nitrogens with one attached hydrogen (secondary N) is 1. The van der Waals surface area contributed by atoms with Crippen molar-refractivity contribution in [3.05, 3.63) is 59.7 Å². The SMILES string of the molecule is O=C(NC(CO)CC1CC1C(=O)O)OCC1c2ccccc2-c2ccccc21.